The molecule has 15 heavy (non-hydrogen) atoms. The van der Waals surface area contributed by atoms with Crippen LogP contribution in [-0.2, 0) is 0 Å². The van der Waals surface area contributed by atoms with Crippen LogP contribution >= 0.6 is 0 Å². The maximum atomic E-state index is 12.1. The van der Waals surface area contributed by atoms with Gasteiger partial charge in [-0.2, -0.15) is 13.2 Å². The molecule has 0 spiro atoms. The van der Waals surface area contributed by atoms with Gasteiger partial charge in [-0.1, -0.05) is 25.7 Å². The molecule has 1 unspecified atom stereocenters. The molecule has 0 radical (unpaired) electrons. The summed E-state index contributed by atoms with van der Waals surface area (Å²) in [6, 6.07) is 0. The summed E-state index contributed by atoms with van der Waals surface area (Å²) in [5.74, 6) is -1.43. The van der Waals surface area contributed by atoms with Crippen molar-refractivity contribution in [2.75, 3.05) is 0 Å². The Kier molecular flexibility index (Phi) is 5.16. The standard InChI is InChI=1S/C12H15F3/c1-9(2)10(3)7-5-6-8-11(4)12(13,14)15/h5-6,8,11H,1H2,2-4H3/b8-6-. The van der Waals surface area contributed by atoms with Crippen LogP contribution in [0.1, 0.15) is 20.8 Å². The molecule has 0 fully saturated rings. The highest BCUT2D eigenvalue weighted by Crippen LogP contribution is 2.26. The molecule has 0 amide bonds. The molecule has 0 aliphatic carbocycles. The largest absolute Gasteiger partial charge is 0.394 e. The lowest BCUT2D eigenvalue weighted by molar-refractivity contribution is -0.156. The smallest absolute Gasteiger partial charge is 0.170 e. The van der Waals surface area contributed by atoms with E-state index in [0.29, 0.717) is 0 Å². The van der Waals surface area contributed by atoms with Crippen molar-refractivity contribution in [3.8, 4) is 0 Å². The molecule has 0 heterocycles. The first-order valence-electron chi connectivity index (χ1n) is 4.58. The van der Waals surface area contributed by atoms with E-state index in [4.69, 9.17) is 0 Å². The van der Waals surface area contributed by atoms with Gasteiger partial charge < -0.3 is 0 Å². The van der Waals surface area contributed by atoms with Crippen molar-refractivity contribution in [3.05, 3.63) is 41.7 Å². The van der Waals surface area contributed by atoms with Crippen LogP contribution in [0.5, 0.6) is 0 Å². The van der Waals surface area contributed by atoms with Crippen molar-refractivity contribution in [3.63, 3.8) is 0 Å². The van der Waals surface area contributed by atoms with E-state index in [1.165, 1.54) is 12.2 Å². The summed E-state index contributed by atoms with van der Waals surface area (Å²) in [5, 5.41) is 0. The first-order valence-corrected chi connectivity index (χ1v) is 4.58. The lowest BCUT2D eigenvalue weighted by Gasteiger charge is -2.09. The molecule has 0 aromatic heterocycles. The second-order valence-electron chi connectivity index (χ2n) is 3.43. The number of rotatable bonds is 3. The summed E-state index contributed by atoms with van der Waals surface area (Å²) in [6.07, 6.45) is -0.257. The van der Waals surface area contributed by atoms with Crippen LogP contribution in [-0.4, -0.2) is 6.18 Å². The molecule has 0 aromatic carbocycles. The van der Waals surface area contributed by atoms with E-state index >= 15 is 0 Å². The first kappa shape index (κ1) is 13.8. The maximum absolute atomic E-state index is 12.1. The third-order valence-electron chi connectivity index (χ3n) is 1.95. The molecule has 3 heteroatoms. The van der Waals surface area contributed by atoms with Crippen molar-refractivity contribution in [1.29, 1.82) is 0 Å². The minimum Gasteiger partial charge on any atom is -0.170 e. The molecule has 0 aliphatic rings. The Balaban J connectivity index is 4.47. The van der Waals surface area contributed by atoms with Crippen LogP contribution in [0, 0.1) is 5.92 Å². The summed E-state index contributed by atoms with van der Waals surface area (Å²) >= 11 is 0. The lowest BCUT2D eigenvalue weighted by atomic mass is 10.1. The topological polar surface area (TPSA) is 0 Å². The molecule has 0 saturated carbocycles. The molecule has 0 rings (SSSR count). The molecular formula is C12H15F3. The molecule has 1 atom stereocenters. The monoisotopic (exact) mass is 216 g/mol. The Labute approximate surface area is 88.5 Å². The predicted molar refractivity (Wildman–Crippen MR) is 56.4 cm³/mol. The van der Waals surface area contributed by atoms with E-state index < -0.39 is 12.1 Å². The van der Waals surface area contributed by atoms with Crippen molar-refractivity contribution in [1.82, 2.24) is 0 Å². The van der Waals surface area contributed by atoms with E-state index in [1.807, 2.05) is 6.92 Å². The Bertz CT molecular complexity index is 312. The summed E-state index contributed by atoms with van der Waals surface area (Å²) in [5.41, 5.74) is 4.51. The van der Waals surface area contributed by atoms with Crippen molar-refractivity contribution in [2.24, 2.45) is 5.92 Å². The molecule has 0 bridgehead atoms. The minimum atomic E-state index is -4.17. The Morgan fingerprint density at radius 3 is 2.27 bits per heavy atom. The van der Waals surface area contributed by atoms with Crippen molar-refractivity contribution >= 4 is 0 Å². The van der Waals surface area contributed by atoms with Gasteiger partial charge in [0.05, 0.1) is 5.92 Å². The van der Waals surface area contributed by atoms with Gasteiger partial charge in [-0.25, -0.2) is 0 Å². The Morgan fingerprint density at radius 1 is 1.33 bits per heavy atom. The number of halogens is 3. The number of alkyl halides is 3. The van der Waals surface area contributed by atoms with Gasteiger partial charge in [0.1, 0.15) is 0 Å². The summed E-state index contributed by atoms with van der Waals surface area (Å²) in [6.45, 7) is 8.42. The van der Waals surface area contributed by atoms with Gasteiger partial charge in [0.25, 0.3) is 0 Å². The Hall–Kier alpha value is -1.21. The fourth-order valence-corrected chi connectivity index (χ4v) is 0.628. The van der Waals surface area contributed by atoms with Crippen molar-refractivity contribution < 1.29 is 13.2 Å². The van der Waals surface area contributed by atoms with E-state index in [-0.39, 0.29) is 0 Å². The zero-order chi connectivity index (χ0) is 12.1. The van der Waals surface area contributed by atoms with E-state index in [0.717, 1.165) is 24.1 Å². The fourth-order valence-electron chi connectivity index (χ4n) is 0.628. The average Bonchev–Trinajstić information content (AvgIpc) is 2.09. The third-order valence-corrected chi connectivity index (χ3v) is 1.95. The van der Waals surface area contributed by atoms with E-state index in [1.54, 1.807) is 6.92 Å². The predicted octanol–water partition coefficient (Wildman–Crippen LogP) is 4.42. The molecule has 0 aliphatic heterocycles. The minimum absolute atomic E-state index is 0.833. The maximum Gasteiger partial charge on any atom is 0.394 e. The van der Waals surface area contributed by atoms with Crippen LogP contribution in [0.25, 0.3) is 0 Å². The lowest BCUT2D eigenvalue weighted by Crippen LogP contribution is -2.17. The summed E-state index contributed by atoms with van der Waals surface area (Å²) < 4.78 is 36.2. The van der Waals surface area contributed by atoms with Crippen LogP contribution in [0.2, 0.25) is 0 Å². The quantitative estimate of drug-likeness (QED) is 0.484. The summed E-state index contributed by atoms with van der Waals surface area (Å²) in [4.78, 5) is 0. The SMILES string of the molecule is C=C(C)C(C)=C=C/C=C\C(C)C(F)(F)F. The fraction of sp³-hybridized carbons (Fsp3) is 0.417. The number of hydrogen-bond acceptors (Lipinski definition) is 0. The van der Waals surface area contributed by atoms with Gasteiger partial charge in [0.2, 0.25) is 0 Å². The Morgan fingerprint density at radius 2 is 1.87 bits per heavy atom. The second kappa shape index (κ2) is 5.62. The van der Waals surface area contributed by atoms with Crippen LogP contribution < -0.4 is 0 Å². The zero-order valence-electron chi connectivity index (χ0n) is 9.15. The van der Waals surface area contributed by atoms with Gasteiger partial charge >= 0.3 is 6.18 Å². The van der Waals surface area contributed by atoms with Crippen LogP contribution in [0.4, 0.5) is 13.2 Å². The first-order chi connectivity index (χ1) is 6.75. The van der Waals surface area contributed by atoms with E-state index in [2.05, 4.69) is 12.3 Å². The highest BCUT2D eigenvalue weighted by molar-refractivity contribution is 5.24. The second-order valence-corrected chi connectivity index (χ2v) is 3.43. The van der Waals surface area contributed by atoms with Gasteiger partial charge in [-0.15, -0.1) is 5.73 Å². The van der Waals surface area contributed by atoms with E-state index in [9.17, 15) is 13.2 Å². The molecule has 0 aromatic rings. The highest BCUT2D eigenvalue weighted by Gasteiger charge is 2.33. The average molecular weight is 216 g/mol. The molecule has 84 valence electrons. The molecule has 0 N–H and O–H groups in total. The van der Waals surface area contributed by atoms with Gasteiger partial charge in [0.15, 0.2) is 0 Å². The van der Waals surface area contributed by atoms with Gasteiger partial charge in [-0.05, 0) is 31.1 Å². The number of hydrogen-bond donors (Lipinski definition) is 0. The molecule has 0 nitrogen and oxygen atoms in total. The van der Waals surface area contributed by atoms with Crippen LogP contribution in [0.15, 0.2) is 41.7 Å². The van der Waals surface area contributed by atoms with Crippen LogP contribution in [0.3, 0.4) is 0 Å². The molecular weight excluding hydrogens is 201 g/mol. The van der Waals surface area contributed by atoms with Gasteiger partial charge in [0, 0.05) is 0 Å². The van der Waals surface area contributed by atoms with Gasteiger partial charge in [-0.3, -0.25) is 0 Å². The highest BCUT2D eigenvalue weighted by atomic mass is 19.4. The normalized spacial score (nSPS) is 13.5. The molecule has 0 saturated heterocycles. The number of allylic oxidation sites excluding steroid dienone is 4. The van der Waals surface area contributed by atoms with Crippen molar-refractivity contribution in [2.45, 2.75) is 26.9 Å². The zero-order valence-corrected chi connectivity index (χ0v) is 9.15. The summed E-state index contributed by atoms with van der Waals surface area (Å²) in [7, 11) is 0. The third kappa shape index (κ3) is 5.97.